The molecule has 1 aliphatic carbocycles. The Morgan fingerprint density at radius 2 is 1.88 bits per heavy atom. The smallest absolute Gasteiger partial charge is 0.251 e. The van der Waals surface area contributed by atoms with E-state index in [2.05, 4.69) is 15.1 Å². The first-order chi connectivity index (χ1) is 19.5. The van der Waals surface area contributed by atoms with Crippen molar-refractivity contribution >= 4 is 11.7 Å². The number of allylic oxidation sites excluding steroid dienone is 4. The largest absolute Gasteiger partial charge is 0.462 e. The third kappa shape index (κ3) is 6.74. The fourth-order valence-corrected chi connectivity index (χ4v) is 5.38. The average Bonchev–Trinajstić information content (AvgIpc) is 2.98. The fourth-order valence-electron chi connectivity index (χ4n) is 5.38. The predicted octanol–water partition coefficient (Wildman–Crippen LogP) is 5.22. The molecule has 0 radical (unpaired) electrons. The number of nitrogens with one attached hydrogen (secondary N) is 1. The molecule has 1 N–H and O–H groups in total. The highest BCUT2D eigenvalue weighted by molar-refractivity contribution is 5.96. The van der Waals surface area contributed by atoms with Gasteiger partial charge < -0.3 is 19.9 Å². The van der Waals surface area contributed by atoms with Crippen molar-refractivity contribution in [2.45, 2.75) is 31.6 Å². The van der Waals surface area contributed by atoms with Crippen LogP contribution >= 0.6 is 0 Å². The molecule has 0 aromatic heterocycles. The van der Waals surface area contributed by atoms with Crippen LogP contribution in [0.25, 0.3) is 0 Å². The number of halogens is 2. The van der Waals surface area contributed by atoms with E-state index < -0.39 is 11.6 Å². The zero-order chi connectivity index (χ0) is 27.9. The summed E-state index contributed by atoms with van der Waals surface area (Å²) in [5.41, 5.74) is 2.80. The molecule has 0 spiro atoms. The van der Waals surface area contributed by atoms with Crippen LogP contribution in [0.15, 0.2) is 90.7 Å². The van der Waals surface area contributed by atoms with Crippen LogP contribution in [0.3, 0.4) is 0 Å². The number of piperidine rings is 1. The first-order valence-electron chi connectivity index (χ1n) is 13.7. The average molecular weight is 546 g/mol. The van der Waals surface area contributed by atoms with Crippen molar-refractivity contribution in [3.63, 3.8) is 0 Å². The molecule has 0 atom stereocenters. The molecule has 1 saturated heterocycles. The summed E-state index contributed by atoms with van der Waals surface area (Å²) in [7, 11) is 0. The van der Waals surface area contributed by atoms with Gasteiger partial charge in [0.25, 0.3) is 5.91 Å². The quantitative estimate of drug-likeness (QED) is 0.469. The van der Waals surface area contributed by atoms with Crippen LogP contribution < -0.4 is 5.32 Å². The number of amides is 1. The second-order valence-corrected chi connectivity index (χ2v) is 10.3. The summed E-state index contributed by atoms with van der Waals surface area (Å²) < 4.78 is 33.0. The van der Waals surface area contributed by atoms with Crippen molar-refractivity contribution in [3.8, 4) is 0 Å². The van der Waals surface area contributed by atoms with Gasteiger partial charge in [-0.1, -0.05) is 42.5 Å². The first-order valence-corrected chi connectivity index (χ1v) is 13.7. The van der Waals surface area contributed by atoms with Crippen LogP contribution in [0, 0.1) is 11.6 Å². The highest BCUT2D eigenvalue weighted by atomic mass is 19.2. The molecule has 0 unspecified atom stereocenters. The summed E-state index contributed by atoms with van der Waals surface area (Å²) in [5.74, 6) is -0.880. The number of nitrogens with zero attached hydrogens (tertiary/aromatic N) is 2. The van der Waals surface area contributed by atoms with E-state index in [1.807, 2.05) is 42.7 Å². The lowest BCUT2D eigenvalue weighted by atomic mass is 9.86. The van der Waals surface area contributed by atoms with Crippen molar-refractivity contribution in [2.24, 2.45) is 0 Å². The molecule has 6 nitrogen and oxygen atoms in total. The Hall–Kier alpha value is -4.04. The molecule has 0 saturated carbocycles. The minimum atomic E-state index is -0.879. The summed E-state index contributed by atoms with van der Waals surface area (Å²) >= 11 is 0. The minimum Gasteiger partial charge on any atom is -0.462 e. The van der Waals surface area contributed by atoms with Crippen LogP contribution in [0.1, 0.15) is 46.7 Å². The summed E-state index contributed by atoms with van der Waals surface area (Å²) in [5, 5.41) is 2.88. The Kier molecular flexibility index (Phi) is 8.86. The van der Waals surface area contributed by atoms with Gasteiger partial charge in [-0.25, -0.2) is 8.78 Å². The monoisotopic (exact) mass is 545 g/mol. The van der Waals surface area contributed by atoms with Gasteiger partial charge in [-0.2, -0.15) is 0 Å². The van der Waals surface area contributed by atoms with E-state index in [9.17, 15) is 18.4 Å². The van der Waals surface area contributed by atoms with E-state index >= 15 is 0 Å². The number of ketones is 1. The van der Waals surface area contributed by atoms with Crippen molar-refractivity contribution in [3.05, 3.63) is 119 Å². The van der Waals surface area contributed by atoms with Gasteiger partial charge in [0, 0.05) is 49.6 Å². The molecule has 2 heterocycles. The zero-order valence-corrected chi connectivity index (χ0v) is 22.3. The number of carbonyl (C=O) groups excluding carboxylic acids is 2. The molecule has 8 heteroatoms. The SMILES string of the molecule is O=C1C=CC=C(C2=CN(CCN3CCC(c4ccccc4C(=O)NCCc4cccc(F)c4F)CC3)C=CO2)C1. The normalized spacial score (nSPS) is 17.9. The number of benzene rings is 2. The van der Waals surface area contributed by atoms with Crippen LogP contribution in [0.4, 0.5) is 8.78 Å². The molecule has 1 fully saturated rings. The van der Waals surface area contributed by atoms with Gasteiger partial charge in [-0.05, 0) is 67.6 Å². The summed E-state index contributed by atoms with van der Waals surface area (Å²) in [4.78, 5) is 29.3. The molecule has 208 valence electrons. The van der Waals surface area contributed by atoms with Crippen molar-refractivity contribution < 1.29 is 23.1 Å². The van der Waals surface area contributed by atoms with Gasteiger partial charge >= 0.3 is 0 Å². The Bertz CT molecular complexity index is 1370. The minimum absolute atomic E-state index is 0.0734. The van der Waals surface area contributed by atoms with Gasteiger partial charge in [0.15, 0.2) is 17.4 Å². The third-order valence-corrected chi connectivity index (χ3v) is 7.61. The number of rotatable bonds is 9. The Balaban J connectivity index is 1.11. The summed E-state index contributed by atoms with van der Waals surface area (Å²) in [6.45, 7) is 3.76. The second-order valence-electron chi connectivity index (χ2n) is 10.3. The molecule has 3 aliphatic rings. The Morgan fingerprint density at radius 3 is 2.70 bits per heavy atom. The van der Waals surface area contributed by atoms with E-state index in [1.54, 1.807) is 18.4 Å². The standard InChI is InChI=1S/C32H33F2N3O3/c33-29-10-4-5-24(31(29)34)11-14-35-32(39)28-9-2-1-8-27(28)23-12-15-36(16-13-23)17-18-37-19-20-40-30(22-37)25-6-3-7-26(38)21-25/h1-10,19-20,22-23H,11-18,21H2,(H,35,39). The zero-order valence-electron chi connectivity index (χ0n) is 22.3. The van der Waals surface area contributed by atoms with Gasteiger partial charge in [-0.3, -0.25) is 9.59 Å². The molecule has 2 aromatic carbocycles. The molecule has 2 aromatic rings. The van der Waals surface area contributed by atoms with E-state index in [4.69, 9.17) is 4.74 Å². The molecule has 5 rings (SSSR count). The highest BCUT2D eigenvalue weighted by Gasteiger charge is 2.25. The van der Waals surface area contributed by atoms with Gasteiger partial charge in [0.05, 0.1) is 0 Å². The van der Waals surface area contributed by atoms with E-state index in [-0.39, 0.29) is 36.1 Å². The van der Waals surface area contributed by atoms with E-state index in [0.717, 1.165) is 56.2 Å². The first kappa shape index (κ1) is 27.5. The Labute approximate surface area is 233 Å². The van der Waals surface area contributed by atoms with Crippen LogP contribution in [-0.4, -0.2) is 54.2 Å². The second kappa shape index (κ2) is 12.9. The molecule has 2 aliphatic heterocycles. The van der Waals surface area contributed by atoms with Crippen molar-refractivity contribution in [1.82, 2.24) is 15.1 Å². The van der Waals surface area contributed by atoms with Crippen LogP contribution in [0.2, 0.25) is 0 Å². The number of hydrogen-bond donors (Lipinski definition) is 1. The predicted molar refractivity (Wildman–Crippen MR) is 149 cm³/mol. The van der Waals surface area contributed by atoms with Crippen molar-refractivity contribution in [2.75, 3.05) is 32.7 Å². The van der Waals surface area contributed by atoms with Crippen LogP contribution in [-0.2, 0) is 16.0 Å². The lowest BCUT2D eigenvalue weighted by molar-refractivity contribution is -0.114. The third-order valence-electron chi connectivity index (χ3n) is 7.61. The van der Waals surface area contributed by atoms with E-state index in [0.29, 0.717) is 17.7 Å². The number of likely N-dealkylation sites (tertiary alicyclic amines) is 1. The number of ether oxygens (including phenoxy) is 1. The van der Waals surface area contributed by atoms with E-state index in [1.165, 1.54) is 12.1 Å². The number of hydrogen-bond acceptors (Lipinski definition) is 5. The maximum absolute atomic E-state index is 13.9. The van der Waals surface area contributed by atoms with Gasteiger partial charge in [0.1, 0.15) is 12.0 Å². The molecular weight excluding hydrogens is 512 g/mol. The lowest BCUT2D eigenvalue weighted by Crippen LogP contribution is -2.38. The maximum Gasteiger partial charge on any atom is 0.251 e. The van der Waals surface area contributed by atoms with Gasteiger partial charge in [-0.15, -0.1) is 0 Å². The summed E-state index contributed by atoms with van der Waals surface area (Å²) in [6, 6.07) is 11.8. The highest BCUT2D eigenvalue weighted by Crippen LogP contribution is 2.31. The fraction of sp³-hybridized carbons (Fsp3) is 0.312. The maximum atomic E-state index is 13.9. The number of carbonyl (C=O) groups is 2. The molecule has 40 heavy (non-hydrogen) atoms. The lowest BCUT2D eigenvalue weighted by Gasteiger charge is -2.34. The summed E-state index contributed by atoms with van der Waals surface area (Å²) in [6.07, 6.45) is 13.2. The van der Waals surface area contributed by atoms with Gasteiger partial charge in [0.2, 0.25) is 0 Å². The molecule has 1 amide bonds. The molecular formula is C32H33F2N3O3. The van der Waals surface area contributed by atoms with Crippen LogP contribution in [0.5, 0.6) is 0 Å². The topological polar surface area (TPSA) is 61.9 Å². The van der Waals surface area contributed by atoms with Crippen molar-refractivity contribution in [1.29, 1.82) is 0 Å². The Morgan fingerprint density at radius 1 is 1.05 bits per heavy atom. The molecule has 0 bridgehead atoms.